The SMILES string of the molecule is Cc1cccc(CC(=O)N2CCN(C(=O)C3CSCN3)CC2)c1. The molecule has 2 aliphatic rings. The molecule has 0 saturated carbocycles. The highest BCUT2D eigenvalue weighted by Gasteiger charge is 2.30. The Morgan fingerprint density at radius 1 is 1.22 bits per heavy atom. The topological polar surface area (TPSA) is 52.7 Å². The van der Waals surface area contributed by atoms with Crippen LogP contribution in [-0.4, -0.2) is 65.5 Å². The molecule has 3 rings (SSSR count). The van der Waals surface area contributed by atoms with Crippen molar-refractivity contribution in [3.63, 3.8) is 0 Å². The molecule has 0 spiro atoms. The molecule has 1 aromatic carbocycles. The van der Waals surface area contributed by atoms with E-state index in [1.165, 1.54) is 5.56 Å². The normalized spacial score (nSPS) is 21.5. The Labute approximate surface area is 141 Å². The zero-order chi connectivity index (χ0) is 16.2. The minimum atomic E-state index is -0.0467. The van der Waals surface area contributed by atoms with Crippen molar-refractivity contribution in [1.29, 1.82) is 0 Å². The number of thioether (sulfide) groups is 1. The first-order valence-corrected chi connectivity index (χ1v) is 9.22. The summed E-state index contributed by atoms with van der Waals surface area (Å²) in [6.45, 7) is 4.59. The van der Waals surface area contributed by atoms with Gasteiger partial charge in [-0.1, -0.05) is 29.8 Å². The van der Waals surface area contributed by atoms with Crippen LogP contribution in [0.1, 0.15) is 11.1 Å². The summed E-state index contributed by atoms with van der Waals surface area (Å²) >= 11 is 1.76. The number of amides is 2. The van der Waals surface area contributed by atoms with E-state index in [1.807, 2.05) is 34.9 Å². The first-order chi connectivity index (χ1) is 11.1. The highest BCUT2D eigenvalue weighted by Crippen LogP contribution is 2.14. The summed E-state index contributed by atoms with van der Waals surface area (Å²) in [5.41, 5.74) is 2.23. The third-order valence-electron chi connectivity index (χ3n) is 4.40. The molecule has 0 aliphatic carbocycles. The van der Waals surface area contributed by atoms with Gasteiger partial charge >= 0.3 is 0 Å². The van der Waals surface area contributed by atoms with Crippen LogP contribution in [0.25, 0.3) is 0 Å². The molecule has 1 aromatic rings. The smallest absolute Gasteiger partial charge is 0.240 e. The van der Waals surface area contributed by atoms with E-state index < -0.39 is 0 Å². The molecular formula is C17H23N3O2S. The Kier molecular flexibility index (Phi) is 5.23. The molecule has 0 radical (unpaired) electrons. The second-order valence-corrected chi connectivity index (χ2v) is 7.17. The van der Waals surface area contributed by atoms with Gasteiger partial charge in [-0.25, -0.2) is 0 Å². The highest BCUT2D eigenvalue weighted by atomic mass is 32.2. The molecule has 0 bridgehead atoms. The molecule has 2 aliphatic heterocycles. The maximum Gasteiger partial charge on any atom is 0.240 e. The van der Waals surface area contributed by atoms with Crippen molar-refractivity contribution >= 4 is 23.6 Å². The van der Waals surface area contributed by atoms with Crippen LogP contribution in [0.4, 0.5) is 0 Å². The van der Waals surface area contributed by atoms with E-state index >= 15 is 0 Å². The molecule has 124 valence electrons. The quantitative estimate of drug-likeness (QED) is 0.892. The van der Waals surface area contributed by atoms with Crippen LogP contribution in [0.15, 0.2) is 24.3 Å². The molecule has 2 fully saturated rings. The second kappa shape index (κ2) is 7.36. The minimum Gasteiger partial charge on any atom is -0.339 e. The van der Waals surface area contributed by atoms with Crippen molar-refractivity contribution in [2.45, 2.75) is 19.4 Å². The molecule has 23 heavy (non-hydrogen) atoms. The maximum absolute atomic E-state index is 12.4. The fraction of sp³-hybridized carbons (Fsp3) is 0.529. The van der Waals surface area contributed by atoms with Gasteiger partial charge in [0.15, 0.2) is 0 Å². The van der Waals surface area contributed by atoms with Crippen molar-refractivity contribution in [2.75, 3.05) is 37.8 Å². The Morgan fingerprint density at radius 2 is 1.96 bits per heavy atom. The number of hydrogen-bond donors (Lipinski definition) is 1. The van der Waals surface area contributed by atoms with E-state index in [2.05, 4.69) is 11.4 Å². The zero-order valence-electron chi connectivity index (χ0n) is 13.5. The van der Waals surface area contributed by atoms with Gasteiger partial charge in [0.05, 0.1) is 12.5 Å². The average molecular weight is 333 g/mol. The summed E-state index contributed by atoms with van der Waals surface area (Å²) in [5.74, 6) is 2.04. The lowest BCUT2D eigenvalue weighted by atomic mass is 10.1. The fourth-order valence-electron chi connectivity index (χ4n) is 3.06. The number of carbonyl (C=O) groups is 2. The van der Waals surface area contributed by atoms with Gasteiger partial charge in [0.1, 0.15) is 0 Å². The van der Waals surface area contributed by atoms with E-state index in [-0.39, 0.29) is 17.9 Å². The number of benzene rings is 1. The van der Waals surface area contributed by atoms with Gasteiger partial charge in [-0.2, -0.15) is 0 Å². The number of carbonyl (C=O) groups excluding carboxylic acids is 2. The van der Waals surface area contributed by atoms with Crippen LogP contribution >= 0.6 is 11.8 Å². The number of rotatable bonds is 3. The van der Waals surface area contributed by atoms with Gasteiger partial charge in [-0.15, -0.1) is 11.8 Å². The van der Waals surface area contributed by atoms with Crippen LogP contribution in [0.2, 0.25) is 0 Å². The Balaban J connectivity index is 1.50. The van der Waals surface area contributed by atoms with Crippen LogP contribution in [0, 0.1) is 6.92 Å². The minimum absolute atomic E-state index is 0.0467. The summed E-state index contributed by atoms with van der Waals surface area (Å²) in [4.78, 5) is 28.5. The molecule has 2 amide bonds. The van der Waals surface area contributed by atoms with Crippen LogP contribution in [0.3, 0.4) is 0 Å². The Hall–Kier alpha value is -1.53. The summed E-state index contributed by atoms with van der Waals surface area (Å²) in [7, 11) is 0. The van der Waals surface area contributed by atoms with Crippen molar-refractivity contribution in [3.8, 4) is 0 Å². The number of piperazine rings is 1. The Bertz CT molecular complexity index is 579. The predicted molar refractivity (Wildman–Crippen MR) is 92.3 cm³/mol. The van der Waals surface area contributed by atoms with Gasteiger partial charge in [-0.05, 0) is 12.5 Å². The summed E-state index contributed by atoms with van der Waals surface area (Å²) < 4.78 is 0. The summed E-state index contributed by atoms with van der Waals surface area (Å²) in [6.07, 6.45) is 0.441. The Morgan fingerprint density at radius 3 is 2.61 bits per heavy atom. The van der Waals surface area contributed by atoms with E-state index in [4.69, 9.17) is 0 Å². The van der Waals surface area contributed by atoms with Crippen molar-refractivity contribution in [3.05, 3.63) is 35.4 Å². The number of hydrogen-bond acceptors (Lipinski definition) is 4. The third kappa shape index (κ3) is 4.06. The average Bonchev–Trinajstić information content (AvgIpc) is 3.09. The van der Waals surface area contributed by atoms with Crippen LogP contribution in [-0.2, 0) is 16.0 Å². The molecule has 1 N–H and O–H groups in total. The first kappa shape index (κ1) is 16.3. The van der Waals surface area contributed by atoms with Gasteiger partial charge < -0.3 is 9.80 Å². The van der Waals surface area contributed by atoms with Gasteiger partial charge in [0.25, 0.3) is 0 Å². The van der Waals surface area contributed by atoms with E-state index in [9.17, 15) is 9.59 Å². The third-order valence-corrected chi connectivity index (χ3v) is 5.34. The molecule has 0 aromatic heterocycles. The second-order valence-electron chi connectivity index (χ2n) is 6.14. The predicted octanol–water partition coefficient (Wildman–Crippen LogP) is 0.871. The number of nitrogens with zero attached hydrogens (tertiary/aromatic N) is 2. The maximum atomic E-state index is 12.4. The van der Waals surface area contributed by atoms with Gasteiger partial charge in [0, 0.05) is 37.8 Å². The standard InChI is InChI=1S/C17H23N3O2S/c1-13-3-2-4-14(9-13)10-16(21)19-5-7-20(8-6-19)17(22)15-11-23-12-18-15/h2-4,9,15,18H,5-8,10-12H2,1H3. The van der Waals surface area contributed by atoms with Crippen molar-refractivity contribution in [1.82, 2.24) is 15.1 Å². The zero-order valence-corrected chi connectivity index (χ0v) is 14.3. The van der Waals surface area contributed by atoms with Crippen LogP contribution in [0.5, 0.6) is 0 Å². The van der Waals surface area contributed by atoms with Crippen molar-refractivity contribution < 1.29 is 9.59 Å². The highest BCUT2D eigenvalue weighted by molar-refractivity contribution is 7.99. The van der Waals surface area contributed by atoms with E-state index in [1.54, 1.807) is 11.8 Å². The molecular weight excluding hydrogens is 310 g/mol. The van der Waals surface area contributed by atoms with Gasteiger partial charge in [0.2, 0.25) is 11.8 Å². The lowest BCUT2D eigenvalue weighted by Gasteiger charge is -2.36. The largest absolute Gasteiger partial charge is 0.339 e. The number of aryl methyl sites for hydroxylation is 1. The summed E-state index contributed by atoms with van der Waals surface area (Å²) in [6, 6.07) is 8.03. The molecule has 6 heteroatoms. The molecule has 5 nitrogen and oxygen atoms in total. The number of nitrogens with one attached hydrogen (secondary N) is 1. The van der Waals surface area contributed by atoms with Gasteiger partial charge in [-0.3, -0.25) is 14.9 Å². The molecule has 1 atom stereocenters. The van der Waals surface area contributed by atoms with E-state index in [0.717, 1.165) is 17.2 Å². The lowest BCUT2D eigenvalue weighted by molar-refractivity contribution is -0.140. The van der Waals surface area contributed by atoms with E-state index in [0.29, 0.717) is 32.6 Å². The van der Waals surface area contributed by atoms with Crippen molar-refractivity contribution in [2.24, 2.45) is 0 Å². The molecule has 1 unspecified atom stereocenters. The monoisotopic (exact) mass is 333 g/mol. The molecule has 2 saturated heterocycles. The van der Waals surface area contributed by atoms with Crippen LogP contribution < -0.4 is 5.32 Å². The molecule has 2 heterocycles. The fourth-order valence-corrected chi connectivity index (χ4v) is 3.99. The summed E-state index contributed by atoms with van der Waals surface area (Å²) in [5, 5.41) is 3.22. The first-order valence-electron chi connectivity index (χ1n) is 8.07. The lowest BCUT2D eigenvalue weighted by Crippen LogP contribution is -2.54.